The van der Waals surface area contributed by atoms with Gasteiger partial charge in [0.2, 0.25) is 0 Å². The molecule has 0 saturated carbocycles. The van der Waals surface area contributed by atoms with Crippen molar-refractivity contribution in [1.29, 1.82) is 0 Å². The predicted molar refractivity (Wildman–Crippen MR) is 102 cm³/mol. The van der Waals surface area contributed by atoms with Gasteiger partial charge in [0.15, 0.2) is 5.52 Å². The SMILES string of the molecule is COc1ccc(Br)c2c1nnn2CC1CCN(C(=O)OC(C)(C)C)CC1. The zero-order valence-corrected chi connectivity index (χ0v) is 17.2. The van der Waals surface area contributed by atoms with E-state index < -0.39 is 5.60 Å². The summed E-state index contributed by atoms with van der Waals surface area (Å²) in [5.41, 5.74) is 1.24. The van der Waals surface area contributed by atoms with Gasteiger partial charge in [-0.25, -0.2) is 9.48 Å². The van der Waals surface area contributed by atoms with Gasteiger partial charge in [-0.1, -0.05) is 5.21 Å². The number of piperidine rings is 1. The first-order chi connectivity index (χ1) is 12.3. The maximum atomic E-state index is 12.2. The van der Waals surface area contributed by atoms with E-state index >= 15 is 0 Å². The van der Waals surface area contributed by atoms with Gasteiger partial charge in [-0.05, 0) is 67.6 Å². The molecule has 1 aromatic carbocycles. The highest BCUT2D eigenvalue weighted by molar-refractivity contribution is 9.10. The van der Waals surface area contributed by atoms with Gasteiger partial charge in [0, 0.05) is 24.1 Å². The highest BCUT2D eigenvalue weighted by Gasteiger charge is 2.27. The fraction of sp³-hybridized carbons (Fsp3) is 0.611. The molecule has 3 rings (SSSR count). The van der Waals surface area contributed by atoms with Gasteiger partial charge in [0.25, 0.3) is 0 Å². The van der Waals surface area contributed by atoms with Crippen molar-refractivity contribution in [2.45, 2.75) is 45.8 Å². The number of carbonyl (C=O) groups excluding carboxylic acids is 1. The predicted octanol–water partition coefficient (Wildman–Crippen LogP) is 3.85. The first kappa shape index (κ1) is 18.9. The number of ether oxygens (including phenoxy) is 2. The second-order valence-electron chi connectivity index (χ2n) is 7.63. The van der Waals surface area contributed by atoms with Crippen molar-refractivity contribution >= 4 is 33.1 Å². The van der Waals surface area contributed by atoms with Crippen molar-refractivity contribution in [2.75, 3.05) is 20.2 Å². The van der Waals surface area contributed by atoms with E-state index in [4.69, 9.17) is 9.47 Å². The smallest absolute Gasteiger partial charge is 0.410 e. The van der Waals surface area contributed by atoms with Crippen LogP contribution in [0.1, 0.15) is 33.6 Å². The van der Waals surface area contributed by atoms with Crippen molar-refractivity contribution in [3.8, 4) is 5.75 Å². The maximum Gasteiger partial charge on any atom is 0.410 e. The molecule has 0 unspecified atom stereocenters. The van der Waals surface area contributed by atoms with Gasteiger partial charge >= 0.3 is 6.09 Å². The van der Waals surface area contributed by atoms with E-state index in [9.17, 15) is 4.79 Å². The normalized spacial score (nSPS) is 16.1. The summed E-state index contributed by atoms with van der Waals surface area (Å²) in [6.45, 7) is 7.84. The van der Waals surface area contributed by atoms with Crippen LogP contribution in [0.25, 0.3) is 11.0 Å². The third-order valence-electron chi connectivity index (χ3n) is 4.49. The van der Waals surface area contributed by atoms with E-state index in [2.05, 4.69) is 26.2 Å². The summed E-state index contributed by atoms with van der Waals surface area (Å²) in [4.78, 5) is 14.0. The van der Waals surface area contributed by atoms with Crippen LogP contribution in [0.15, 0.2) is 16.6 Å². The van der Waals surface area contributed by atoms with Gasteiger partial charge in [-0.3, -0.25) is 0 Å². The summed E-state index contributed by atoms with van der Waals surface area (Å²) in [7, 11) is 1.63. The van der Waals surface area contributed by atoms with Gasteiger partial charge in [-0.2, -0.15) is 0 Å². The second kappa shape index (κ2) is 7.42. The Morgan fingerprint density at radius 2 is 2.00 bits per heavy atom. The first-order valence-electron chi connectivity index (χ1n) is 8.82. The Morgan fingerprint density at radius 1 is 1.31 bits per heavy atom. The van der Waals surface area contributed by atoms with E-state index in [1.807, 2.05) is 37.6 Å². The number of rotatable bonds is 3. The minimum absolute atomic E-state index is 0.227. The van der Waals surface area contributed by atoms with Crippen LogP contribution >= 0.6 is 15.9 Å². The molecular weight excluding hydrogens is 400 g/mol. The van der Waals surface area contributed by atoms with Crippen molar-refractivity contribution in [3.63, 3.8) is 0 Å². The molecule has 2 aromatic rings. The lowest BCUT2D eigenvalue weighted by Crippen LogP contribution is -2.42. The molecule has 1 fully saturated rings. The molecule has 1 aromatic heterocycles. The molecule has 0 bridgehead atoms. The van der Waals surface area contributed by atoms with Gasteiger partial charge in [0.05, 0.1) is 7.11 Å². The Balaban J connectivity index is 1.65. The Morgan fingerprint density at radius 3 is 2.62 bits per heavy atom. The van der Waals surface area contributed by atoms with Crippen LogP contribution in [0.3, 0.4) is 0 Å². The summed E-state index contributed by atoms with van der Waals surface area (Å²) in [6, 6.07) is 3.83. The van der Waals surface area contributed by atoms with Crippen LogP contribution in [0.5, 0.6) is 5.75 Å². The number of benzene rings is 1. The van der Waals surface area contributed by atoms with Gasteiger partial charge < -0.3 is 14.4 Å². The van der Waals surface area contributed by atoms with Crippen LogP contribution < -0.4 is 4.74 Å². The van der Waals surface area contributed by atoms with Crippen LogP contribution in [0.4, 0.5) is 4.79 Å². The standard InChI is InChI=1S/C18H25BrN4O3/c1-18(2,3)26-17(24)22-9-7-12(8-10-22)11-23-16-13(19)5-6-14(25-4)15(16)20-21-23/h5-6,12H,7-11H2,1-4H3. The lowest BCUT2D eigenvalue weighted by atomic mass is 9.97. The zero-order chi connectivity index (χ0) is 18.9. The zero-order valence-electron chi connectivity index (χ0n) is 15.7. The van der Waals surface area contributed by atoms with Crippen LogP contribution in [-0.4, -0.2) is 51.8 Å². The number of fused-ring (bicyclic) bond motifs is 1. The topological polar surface area (TPSA) is 69.5 Å². The number of likely N-dealkylation sites (tertiary alicyclic amines) is 1. The molecule has 0 N–H and O–H groups in total. The Bertz CT molecular complexity index is 792. The fourth-order valence-corrected chi connectivity index (χ4v) is 3.71. The van der Waals surface area contributed by atoms with E-state index in [1.54, 1.807) is 12.0 Å². The minimum atomic E-state index is -0.459. The van der Waals surface area contributed by atoms with Crippen molar-refractivity contribution in [3.05, 3.63) is 16.6 Å². The second-order valence-corrected chi connectivity index (χ2v) is 8.48. The average Bonchev–Trinajstić information content (AvgIpc) is 2.99. The fourth-order valence-electron chi connectivity index (χ4n) is 3.18. The largest absolute Gasteiger partial charge is 0.494 e. The van der Waals surface area contributed by atoms with E-state index in [0.29, 0.717) is 24.8 Å². The number of amides is 1. The molecule has 142 valence electrons. The summed E-state index contributed by atoms with van der Waals surface area (Å²) in [5.74, 6) is 1.16. The van der Waals surface area contributed by atoms with Crippen molar-refractivity contribution in [1.82, 2.24) is 19.9 Å². The quantitative estimate of drug-likeness (QED) is 0.747. The summed E-state index contributed by atoms with van der Waals surface area (Å²) in [5, 5.41) is 8.59. The van der Waals surface area contributed by atoms with E-state index in [1.165, 1.54) is 0 Å². The molecule has 0 radical (unpaired) electrons. The van der Waals surface area contributed by atoms with Crippen LogP contribution in [-0.2, 0) is 11.3 Å². The van der Waals surface area contributed by atoms with Crippen LogP contribution in [0, 0.1) is 5.92 Å². The number of halogens is 1. The van der Waals surface area contributed by atoms with E-state index in [-0.39, 0.29) is 6.09 Å². The van der Waals surface area contributed by atoms with Gasteiger partial charge in [0.1, 0.15) is 16.9 Å². The molecular formula is C18H25BrN4O3. The molecule has 1 saturated heterocycles. The number of hydrogen-bond donors (Lipinski definition) is 0. The Kier molecular flexibility index (Phi) is 5.41. The number of hydrogen-bond acceptors (Lipinski definition) is 5. The lowest BCUT2D eigenvalue weighted by Gasteiger charge is -2.33. The molecule has 26 heavy (non-hydrogen) atoms. The number of carbonyl (C=O) groups is 1. The molecule has 0 spiro atoms. The third kappa shape index (κ3) is 4.11. The van der Waals surface area contributed by atoms with Gasteiger partial charge in [-0.15, -0.1) is 5.10 Å². The minimum Gasteiger partial charge on any atom is -0.494 e. The highest BCUT2D eigenvalue weighted by atomic mass is 79.9. The molecule has 1 aliphatic rings. The third-order valence-corrected chi connectivity index (χ3v) is 5.13. The molecule has 1 aliphatic heterocycles. The van der Waals surface area contributed by atoms with E-state index in [0.717, 1.165) is 34.9 Å². The molecule has 2 heterocycles. The first-order valence-corrected chi connectivity index (χ1v) is 9.61. The Hall–Kier alpha value is -1.83. The maximum absolute atomic E-state index is 12.2. The number of methoxy groups -OCH3 is 1. The molecule has 7 nitrogen and oxygen atoms in total. The monoisotopic (exact) mass is 424 g/mol. The summed E-state index contributed by atoms with van der Waals surface area (Å²) in [6.07, 6.45) is 1.61. The Labute approximate surface area is 161 Å². The molecule has 0 aliphatic carbocycles. The lowest BCUT2D eigenvalue weighted by molar-refractivity contribution is 0.0177. The summed E-state index contributed by atoms with van der Waals surface area (Å²) >= 11 is 3.59. The number of nitrogens with zero attached hydrogens (tertiary/aromatic N) is 4. The molecule has 8 heteroatoms. The number of aromatic nitrogens is 3. The van der Waals surface area contributed by atoms with Crippen LogP contribution in [0.2, 0.25) is 0 Å². The summed E-state index contributed by atoms with van der Waals surface area (Å²) < 4.78 is 13.7. The highest BCUT2D eigenvalue weighted by Crippen LogP contribution is 2.31. The molecule has 1 amide bonds. The molecule has 0 atom stereocenters. The van der Waals surface area contributed by atoms with Crippen molar-refractivity contribution < 1.29 is 14.3 Å². The van der Waals surface area contributed by atoms with Crippen molar-refractivity contribution in [2.24, 2.45) is 5.92 Å². The average molecular weight is 425 g/mol.